The van der Waals surface area contributed by atoms with Crippen LogP contribution < -0.4 is 15.4 Å². The number of ether oxygens (including phenoxy) is 1. The molecule has 1 aliphatic carbocycles. The number of fused-ring (bicyclic) bond motifs is 1. The van der Waals surface area contributed by atoms with Crippen LogP contribution in [0.15, 0.2) is 48.5 Å². The van der Waals surface area contributed by atoms with Gasteiger partial charge in [-0.05, 0) is 42.5 Å². The quantitative estimate of drug-likeness (QED) is 0.909. The van der Waals surface area contributed by atoms with E-state index in [2.05, 4.69) is 22.8 Å². The average Bonchev–Trinajstić information content (AvgIpc) is 3.44. The lowest BCUT2D eigenvalue weighted by Crippen LogP contribution is -2.30. The van der Waals surface area contributed by atoms with Gasteiger partial charge in [0.05, 0.1) is 11.7 Å². The van der Waals surface area contributed by atoms with E-state index in [1.807, 2.05) is 18.2 Å². The Bertz CT molecular complexity index is 784. The molecular weight excluding hydrogens is 304 g/mol. The van der Waals surface area contributed by atoms with Gasteiger partial charge < -0.3 is 15.4 Å². The Morgan fingerprint density at radius 1 is 1.17 bits per heavy atom. The van der Waals surface area contributed by atoms with Crippen LogP contribution in [0.2, 0.25) is 0 Å². The lowest BCUT2D eigenvalue weighted by atomic mass is 10.0. The van der Waals surface area contributed by atoms with Crippen molar-refractivity contribution in [3.8, 4) is 5.75 Å². The monoisotopic (exact) mass is 322 g/mol. The normalized spacial score (nSPS) is 17.2. The van der Waals surface area contributed by atoms with Crippen LogP contribution in [-0.4, -0.2) is 18.4 Å². The second kappa shape index (κ2) is 6.00. The summed E-state index contributed by atoms with van der Waals surface area (Å²) in [5.41, 5.74) is 2.27. The molecule has 1 aliphatic heterocycles. The van der Waals surface area contributed by atoms with E-state index in [0.717, 1.165) is 18.4 Å². The van der Waals surface area contributed by atoms with Crippen molar-refractivity contribution in [3.63, 3.8) is 0 Å². The third-order valence-electron chi connectivity index (χ3n) is 4.42. The molecule has 1 saturated carbocycles. The highest BCUT2D eigenvalue weighted by atomic mass is 16.5. The van der Waals surface area contributed by atoms with Crippen LogP contribution in [0.25, 0.3) is 0 Å². The molecule has 2 amide bonds. The molecule has 2 N–H and O–H groups in total. The second-order valence-corrected chi connectivity index (χ2v) is 6.25. The van der Waals surface area contributed by atoms with E-state index in [1.54, 1.807) is 18.2 Å². The van der Waals surface area contributed by atoms with E-state index in [1.165, 1.54) is 0 Å². The number of anilines is 1. The Morgan fingerprint density at radius 2 is 1.96 bits per heavy atom. The van der Waals surface area contributed by atoms with Crippen LogP contribution in [0, 0.1) is 5.92 Å². The zero-order valence-electron chi connectivity index (χ0n) is 13.1. The summed E-state index contributed by atoms with van der Waals surface area (Å²) in [7, 11) is 0. The Kier molecular flexibility index (Phi) is 3.69. The van der Waals surface area contributed by atoms with E-state index in [4.69, 9.17) is 4.74 Å². The molecule has 1 heterocycles. The van der Waals surface area contributed by atoms with Crippen LogP contribution >= 0.6 is 0 Å². The van der Waals surface area contributed by atoms with Gasteiger partial charge >= 0.3 is 0 Å². The number of hydrogen-bond donors (Lipinski definition) is 2. The van der Waals surface area contributed by atoms with Crippen molar-refractivity contribution >= 4 is 17.5 Å². The van der Waals surface area contributed by atoms with E-state index in [-0.39, 0.29) is 24.5 Å². The van der Waals surface area contributed by atoms with Gasteiger partial charge in [0, 0.05) is 5.56 Å². The molecule has 0 spiro atoms. The van der Waals surface area contributed by atoms with E-state index in [0.29, 0.717) is 22.9 Å². The third kappa shape index (κ3) is 2.97. The Balaban J connectivity index is 1.54. The maximum absolute atomic E-state index is 12.7. The van der Waals surface area contributed by atoms with Crippen molar-refractivity contribution < 1.29 is 14.3 Å². The van der Waals surface area contributed by atoms with Crippen molar-refractivity contribution in [2.45, 2.75) is 18.9 Å². The minimum atomic E-state index is -0.183. The maximum atomic E-state index is 12.7. The second-order valence-electron chi connectivity index (χ2n) is 6.25. The molecule has 1 fully saturated rings. The van der Waals surface area contributed by atoms with Crippen LogP contribution in [0.3, 0.4) is 0 Å². The van der Waals surface area contributed by atoms with Gasteiger partial charge in [0.1, 0.15) is 5.75 Å². The Morgan fingerprint density at radius 3 is 2.71 bits per heavy atom. The summed E-state index contributed by atoms with van der Waals surface area (Å²) in [6.07, 6.45) is 2.28. The summed E-state index contributed by atoms with van der Waals surface area (Å²) >= 11 is 0. The first-order valence-corrected chi connectivity index (χ1v) is 8.13. The molecule has 0 aromatic heterocycles. The molecule has 5 nitrogen and oxygen atoms in total. The fourth-order valence-electron chi connectivity index (χ4n) is 3.00. The molecule has 4 rings (SSSR count). The Labute approximate surface area is 140 Å². The summed E-state index contributed by atoms with van der Waals surface area (Å²) in [6.45, 7) is -0.0210. The van der Waals surface area contributed by atoms with Gasteiger partial charge in [0.15, 0.2) is 6.61 Å². The van der Waals surface area contributed by atoms with Gasteiger partial charge in [-0.15, -0.1) is 0 Å². The smallest absolute Gasteiger partial charge is 0.262 e. The molecule has 24 heavy (non-hydrogen) atoms. The van der Waals surface area contributed by atoms with Crippen molar-refractivity contribution in [3.05, 3.63) is 59.7 Å². The van der Waals surface area contributed by atoms with Gasteiger partial charge in [-0.3, -0.25) is 9.59 Å². The lowest BCUT2D eigenvalue weighted by Gasteiger charge is -2.21. The molecule has 122 valence electrons. The molecule has 2 aliphatic rings. The highest BCUT2D eigenvalue weighted by Crippen LogP contribution is 2.41. The zero-order valence-corrected chi connectivity index (χ0v) is 13.1. The molecule has 1 atom stereocenters. The number of benzene rings is 2. The van der Waals surface area contributed by atoms with Crippen LogP contribution in [0.1, 0.15) is 34.8 Å². The van der Waals surface area contributed by atoms with E-state index >= 15 is 0 Å². The fraction of sp³-hybridized carbons (Fsp3) is 0.263. The summed E-state index contributed by atoms with van der Waals surface area (Å²) in [5, 5.41) is 5.87. The SMILES string of the molecule is O=C1COc2cc(C(=O)N[C@@H](c3ccccc3)C3CC3)ccc2N1. The summed E-state index contributed by atoms with van der Waals surface area (Å²) in [5.74, 6) is 0.728. The molecule has 2 aromatic rings. The summed E-state index contributed by atoms with van der Waals surface area (Å²) in [4.78, 5) is 24.0. The first-order chi connectivity index (χ1) is 11.7. The molecule has 0 unspecified atom stereocenters. The van der Waals surface area contributed by atoms with Crippen molar-refractivity contribution in [1.82, 2.24) is 5.32 Å². The standard InChI is InChI=1S/C19H18N2O3/c22-17-11-24-16-10-14(8-9-15(16)20-17)19(23)21-18(13-6-7-13)12-4-2-1-3-5-12/h1-5,8-10,13,18H,6-7,11H2,(H,20,22)(H,21,23)/t18-/m0/s1. The number of rotatable bonds is 4. The van der Waals surface area contributed by atoms with Gasteiger partial charge in [-0.25, -0.2) is 0 Å². The highest BCUT2D eigenvalue weighted by molar-refractivity contribution is 5.99. The first-order valence-electron chi connectivity index (χ1n) is 8.13. The number of nitrogens with one attached hydrogen (secondary N) is 2. The van der Waals surface area contributed by atoms with Gasteiger partial charge in [-0.1, -0.05) is 30.3 Å². The fourth-order valence-corrected chi connectivity index (χ4v) is 3.00. The predicted molar refractivity (Wildman–Crippen MR) is 89.9 cm³/mol. The van der Waals surface area contributed by atoms with Gasteiger partial charge in [0.2, 0.25) is 0 Å². The number of amides is 2. The number of hydrogen-bond acceptors (Lipinski definition) is 3. The largest absolute Gasteiger partial charge is 0.482 e. The molecular formula is C19H18N2O3. The molecule has 0 radical (unpaired) electrons. The maximum Gasteiger partial charge on any atom is 0.262 e. The van der Waals surface area contributed by atoms with Crippen molar-refractivity contribution in [2.75, 3.05) is 11.9 Å². The topological polar surface area (TPSA) is 67.4 Å². The van der Waals surface area contributed by atoms with Crippen LogP contribution in [0.4, 0.5) is 5.69 Å². The van der Waals surface area contributed by atoms with Gasteiger partial charge in [0.25, 0.3) is 11.8 Å². The number of carbonyl (C=O) groups excluding carboxylic acids is 2. The third-order valence-corrected chi connectivity index (χ3v) is 4.42. The summed E-state index contributed by atoms with van der Waals surface area (Å²) < 4.78 is 5.38. The van der Waals surface area contributed by atoms with E-state index < -0.39 is 0 Å². The Hall–Kier alpha value is -2.82. The molecule has 0 bridgehead atoms. The minimum absolute atomic E-state index is 0.0210. The van der Waals surface area contributed by atoms with Gasteiger partial charge in [-0.2, -0.15) is 0 Å². The zero-order chi connectivity index (χ0) is 16.5. The predicted octanol–water partition coefficient (Wildman–Crippen LogP) is 2.90. The van der Waals surface area contributed by atoms with Crippen LogP contribution in [0.5, 0.6) is 5.75 Å². The van der Waals surface area contributed by atoms with Crippen LogP contribution in [-0.2, 0) is 4.79 Å². The molecule has 2 aromatic carbocycles. The minimum Gasteiger partial charge on any atom is -0.482 e. The average molecular weight is 322 g/mol. The van der Waals surface area contributed by atoms with E-state index in [9.17, 15) is 9.59 Å². The molecule has 5 heteroatoms. The lowest BCUT2D eigenvalue weighted by molar-refractivity contribution is -0.118. The highest BCUT2D eigenvalue weighted by Gasteiger charge is 2.33. The molecule has 0 saturated heterocycles. The van der Waals surface area contributed by atoms with Crippen molar-refractivity contribution in [2.24, 2.45) is 5.92 Å². The summed E-state index contributed by atoms with van der Waals surface area (Å²) in [6, 6.07) is 15.2. The first kappa shape index (κ1) is 14.8. The van der Waals surface area contributed by atoms with Crippen molar-refractivity contribution in [1.29, 1.82) is 0 Å². The number of carbonyl (C=O) groups is 2.